The maximum absolute atomic E-state index is 12.6. The molecule has 0 aliphatic heterocycles. The zero-order chi connectivity index (χ0) is 20.9. The summed E-state index contributed by atoms with van der Waals surface area (Å²) in [4.78, 5) is 25.1. The summed E-state index contributed by atoms with van der Waals surface area (Å²) in [5.74, 6) is -0.551. The van der Waals surface area contributed by atoms with Crippen LogP contribution in [0.25, 0.3) is 10.6 Å². The Bertz CT molecular complexity index is 1200. The molecule has 0 bridgehead atoms. The van der Waals surface area contributed by atoms with E-state index in [1.807, 2.05) is 55.5 Å². The van der Waals surface area contributed by atoms with Crippen LogP contribution in [-0.4, -0.2) is 22.0 Å². The Kier molecular flexibility index (Phi) is 5.63. The molecule has 1 aromatic heterocycles. The van der Waals surface area contributed by atoms with Gasteiger partial charge in [0.1, 0.15) is 5.01 Å². The number of hydrogen-bond donors (Lipinski definition) is 2. The molecule has 0 fully saturated rings. The van der Waals surface area contributed by atoms with Crippen molar-refractivity contribution in [2.24, 2.45) is 0 Å². The average molecular weight is 414 g/mol. The number of carbonyl (C=O) groups is 2. The number of nitrogens with zero attached hydrogens (tertiary/aromatic N) is 2. The minimum Gasteiger partial charge on any atom is -0.322 e. The van der Waals surface area contributed by atoms with Gasteiger partial charge in [-0.25, -0.2) is 0 Å². The summed E-state index contributed by atoms with van der Waals surface area (Å²) in [5.41, 5.74) is 3.45. The van der Waals surface area contributed by atoms with Crippen LogP contribution < -0.4 is 10.6 Å². The zero-order valence-electron chi connectivity index (χ0n) is 16.1. The van der Waals surface area contributed by atoms with Gasteiger partial charge in [-0.15, -0.1) is 10.2 Å². The molecule has 0 saturated carbocycles. The highest BCUT2D eigenvalue weighted by Gasteiger charge is 2.13. The van der Waals surface area contributed by atoms with Crippen LogP contribution >= 0.6 is 11.3 Å². The normalized spacial score (nSPS) is 10.4. The fourth-order valence-corrected chi connectivity index (χ4v) is 3.61. The van der Waals surface area contributed by atoms with Crippen molar-refractivity contribution in [2.75, 3.05) is 10.6 Å². The van der Waals surface area contributed by atoms with Crippen LogP contribution in [0.1, 0.15) is 26.3 Å². The van der Waals surface area contributed by atoms with Crippen molar-refractivity contribution >= 4 is 34.0 Å². The number of rotatable bonds is 5. The molecule has 0 radical (unpaired) electrons. The summed E-state index contributed by atoms with van der Waals surface area (Å²) in [6.45, 7) is 1.93. The highest BCUT2D eigenvalue weighted by Crippen LogP contribution is 2.26. The van der Waals surface area contributed by atoms with Crippen LogP contribution in [0.15, 0.2) is 78.9 Å². The number of carbonyl (C=O) groups excluding carboxylic acids is 2. The quantitative estimate of drug-likeness (QED) is 0.480. The SMILES string of the molecule is Cc1cccc(C(=O)Nc2cccc(C(=O)Nc3nnc(-c4ccccc4)s3)c2)c1. The van der Waals surface area contributed by atoms with E-state index in [9.17, 15) is 9.59 Å². The minimum absolute atomic E-state index is 0.229. The first-order valence-electron chi connectivity index (χ1n) is 9.27. The van der Waals surface area contributed by atoms with Gasteiger partial charge in [0, 0.05) is 22.4 Å². The second-order valence-corrected chi connectivity index (χ2v) is 7.61. The first kappa shape index (κ1) is 19.5. The van der Waals surface area contributed by atoms with E-state index in [2.05, 4.69) is 20.8 Å². The summed E-state index contributed by atoms with van der Waals surface area (Å²) >= 11 is 1.30. The highest BCUT2D eigenvalue weighted by atomic mass is 32.1. The van der Waals surface area contributed by atoms with Gasteiger partial charge in [0.25, 0.3) is 11.8 Å². The predicted octanol–water partition coefficient (Wildman–Crippen LogP) is 5.02. The monoisotopic (exact) mass is 414 g/mol. The third-order valence-electron chi connectivity index (χ3n) is 4.33. The first-order valence-corrected chi connectivity index (χ1v) is 10.1. The van der Waals surface area contributed by atoms with Crippen LogP contribution in [0.3, 0.4) is 0 Å². The fourth-order valence-electron chi connectivity index (χ4n) is 2.87. The Morgan fingerprint density at radius 3 is 2.23 bits per heavy atom. The predicted molar refractivity (Wildman–Crippen MR) is 119 cm³/mol. The molecule has 7 heteroatoms. The number of anilines is 2. The van der Waals surface area contributed by atoms with Crippen LogP contribution in [0.2, 0.25) is 0 Å². The summed E-state index contributed by atoms with van der Waals surface area (Å²) in [6.07, 6.45) is 0. The van der Waals surface area contributed by atoms with Crippen molar-refractivity contribution in [3.8, 4) is 10.6 Å². The zero-order valence-corrected chi connectivity index (χ0v) is 16.9. The second kappa shape index (κ2) is 8.67. The van der Waals surface area contributed by atoms with E-state index < -0.39 is 0 Å². The van der Waals surface area contributed by atoms with E-state index in [1.165, 1.54) is 11.3 Å². The Morgan fingerprint density at radius 1 is 0.767 bits per heavy atom. The lowest BCUT2D eigenvalue weighted by molar-refractivity contribution is 0.101. The van der Waals surface area contributed by atoms with Gasteiger partial charge < -0.3 is 5.32 Å². The molecule has 148 valence electrons. The lowest BCUT2D eigenvalue weighted by Crippen LogP contribution is -2.14. The molecule has 3 aromatic carbocycles. The molecular weight excluding hydrogens is 396 g/mol. The lowest BCUT2D eigenvalue weighted by Gasteiger charge is -2.08. The van der Waals surface area contributed by atoms with E-state index in [0.29, 0.717) is 21.9 Å². The number of aryl methyl sites for hydroxylation is 1. The van der Waals surface area contributed by atoms with Gasteiger partial charge in [0.15, 0.2) is 0 Å². The molecule has 30 heavy (non-hydrogen) atoms. The summed E-state index contributed by atoms with van der Waals surface area (Å²) < 4.78 is 0. The number of hydrogen-bond acceptors (Lipinski definition) is 5. The van der Waals surface area contributed by atoms with Crippen molar-refractivity contribution in [1.29, 1.82) is 0 Å². The first-order chi connectivity index (χ1) is 14.6. The molecule has 4 rings (SSSR count). The van der Waals surface area contributed by atoms with E-state index >= 15 is 0 Å². The van der Waals surface area contributed by atoms with Crippen molar-refractivity contribution in [3.63, 3.8) is 0 Å². The topological polar surface area (TPSA) is 84.0 Å². The van der Waals surface area contributed by atoms with E-state index in [1.54, 1.807) is 30.3 Å². The Labute approximate surface area is 177 Å². The fraction of sp³-hybridized carbons (Fsp3) is 0.0435. The molecule has 0 spiro atoms. The maximum atomic E-state index is 12.6. The molecule has 4 aromatic rings. The minimum atomic E-state index is -0.322. The molecule has 6 nitrogen and oxygen atoms in total. The van der Waals surface area contributed by atoms with Gasteiger partial charge in [-0.3, -0.25) is 14.9 Å². The highest BCUT2D eigenvalue weighted by molar-refractivity contribution is 7.18. The standard InChI is InChI=1S/C23H18N4O2S/c1-15-7-5-10-17(13-15)20(28)24-19-12-6-11-18(14-19)21(29)25-23-27-26-22(30-23)16-8-3-2-4-9-16/h2-14H,1H3,(H,24,28)(H,25,27,29). The van der Waals surface area contributed by atoms with Crippen LogP contribution in [0.4, 0.5) is 10.8 Å². The summed E-state index contributed by atoms with van der Waals surface area (Å²) in [6, 6.07) is 23.7. The van der Waals surface area contributed by atoms with Gasteiger partial charge >= 0.3 is 0 Å². The molecule has 2 N–H and O–H groups in total. The molecule has 0 aliphatic carbocycles. The lowest BCUT2D eigenvalue weighted by atomic mass is 10.1. The number of nitrogens with one attached hydrogen (secondary N) is 2. The Morgan fingerprint density at radius 2 is 1.47 bits per heavy atom. The number of amides is 2. The largest absolute Gasteiger partial charge is 0.322 e. The third-order valence-corrected chi connectivity index (χ3v) is 5.22. The number of aromatic nitrogens is 2. The molecule has 2 amide bonds. The van der Waals surface area contributed by atoms with Gasteiger partial charge in [-0.1, -0.05) is 65.4 Å². The molecule has 0 unspecified atom stereocenters. The van der Waals surface area contributed by atoms with E-state index in [-0.39, 0.29) is 11.8 Å². The second-order valence-electron chi connectivity index (χ2n) is 6.64. The van der Waals surface area contributed by atoms with Gasteiger partial charge in [0.05, 0.1) is 0 Å². The molecule has 0 aliphatic rings. The van der Waals surface area contributed by atoms with Crippen molar-refractivity contribution in [3.05, 3.63) is 95.6 Å². The molecule has 1 heterocycles. The van der Waals surface area contributed by atoms with Crippen molar-refractivity contribution in [2.45, 2.75) is 6.92 Å². The van der Waals surface area contributed by atoms with Crippen LogP contribution in [0, 0.1) is 6.92 Å². The number of benzene rings is 3. The Balaban J connectivity index is 1.45. The molecular formula is C23H18N4O2S. The van der Waals surface area contributed by atoms with Crippen molar-refractivity contribution < 1.29 is 9.59 Å². The summed E-state index contributed by atoms with van der Waals surface area (Å²) in [5, 5.41) is 14.9. The van der Waals surface area contributed by atoms with Crippen molar-refractivity contribution in [1.82, 2.24) is 10.2 Å². The van der Waals surface area contributed by atoms with E-state index in [4.69, 9.17) is 0 Å². The maximum Gasteiger partial charge on any atom is 0.257 e. The van der Waals surface area contributed by atoms with Gasteiger partial charge in [0.2, 0.25) is 5.13 Å². The van der Waals surface area contributed by atoms with E-state index in [0.717, 1.165) is 16.1 Å². The Hall–Kier alpha value is -3.84. The third kappa shape index (κ3) is 4.59. The average Bonchev–Trinajstić information content (AvgIpc) is 3.23. The van der Waals surface area contributed by atoms with Crippen LogP contribution in [-0.2, 0) is 0 Å². The van der Waals surface area contributed by atoms with Gasteiger partial charge in [-0.05, 0) is 37.3 Å². The summed E-state index contributed by atoms with van der Waals surface area (Å²) in [7, 11) is 0. The van der Waals surface area contributed by atoms with Crippen LogP contribution in [0.5, 0.6) is 0 Å². The molecule has 0 atom stereocenters. The molecule has 0 saturated heterocycles. The smallest absolute Gasteiger partial charge is 0.257 e. The van der Waals surface area contributed by atoms with Gasteiger partial charge in [-0.2, -0.15) is 0 Å².